The number of nitrogens with zero attached hydrogens (tertiary/aromatic N) is 2. The fraction of sp³-hybridized carbons (Fsp3) is 0.316. The Hall–Kier alpha value is -2.21. The summed E-state index contributed by atoms with van der Waals surface area (Å²) in [5.41, 5.74) is 3.07. The number of benzene rings is 1. The maximum atomic E-state index is 12.3. The van der Waals surface area contributed by atoms with Crippen molar-refractivity contribution in [3.8, 4) is 6.07 Å². The fourth-order valence-corrected chi connectivity index (χ4v) is 4.02. The maximum absolute atomic E-state index is 12.3. The van der Waals surface area contributed by atoms with Crippen molar-refractivity contribution < 1.29 is 9.59 Å². The number of nitrogens with one attached hydrogen (secondary N) is 2. The van der Waals surface area contributed by atoms with Gasteiger partial charge in [-0.15, -0.1) is 11.3 Å². The lowest BCUT2D eigenvalue weighted by molar-refractivity contribution is -0.119. The third kappa shape index (κ3) is 5.63. The van der Waals surface area contributed by atoms with Gasteiger partial charge in [0.2, 0.25) is 11.8 Å². The average molecular weight is 449 g/mol. The minimum Gasteiger partial charge on any atom is -0.325 e. The number of thiophene rings is 1. The van der Waals surface area contributed by atoms with E-state index in [1.807, 2.05) is 39.0 Å². The topological polar surface area (TPSA) is 85.2 Å². The predicted molar refractivity (Wildman–Crippen MR) is 112 cm³/mol. The van der Waals surface area contributed by atoms with Crippen molar-refractivity contribution in [2.24, 2.45) is 0 Å². The first-order valence-corrected chi connectivity index (χ1v) is 9.86. The van der Waals surface area contributed by atoms with Crippen molar-refractivity contribution in [1.29, 1.82) is 5.26 Å². The standard InChI is InChI=1S/C19H21BrN4O2S/c1-11-7-14(20)5-6-16(11)22-17(25)9-24(4)10-18(26)23-19-15(8-21)12(2)13(3)27-19/h5-7H,9-10H2,1-4H3,(H,22,25)(H,23,26). The summed E-state index contributed by atoms with van der Waals surface area (Å²) in [6, 6.07) is 7.73. The zero-order valence-electron chi connectivity index (χ0n) is 15.6. The molecule has 1 aromatic carbocycles. The van der Waals surface area contributed by atoms with Crippen LogP contribution in [0, 0.1) is 32.1 Å². The summed E-state index contributed by atoms with van der Waals surface area (Å²) >= 11 is 4.77. The minimum absolute atomic E-state index is 0.0492. The molecule has 27 heavy (non-hydrogen) atoms. The first-order chi connectivity index (χ1) is 12.7. The number of hydrogen-bond donors (Lipinski definition) is 2. The molecule has 0 saturated carbocycles. The average Bonchev–Trinajstić information content (AvgIpc) is 2.83. The van der Waals surface area contributed by atoms with E-state index in [2.05, 4.69) is 32.6 Å². The smallest absolute Gasteiger partial charge is 0.239 e. The second kappa shape index (κ2) is 9.13. The Morgan fingerprint density at radius 3 is 2.41 bits per heavy atom. The number of aryl methyl sites for hydroxylation is 2. The molecular formula is C19H21BrN4O2S. The van der Waals surface area contributed by atoms with Gasteiger partial charge in [-0.25, -0.2) is 0 Å². The molecule has 0 saturated heterocycles. The van der Waals surface area contributed by atoms with Crippen LogP contribution in [0.3, 0.4) is 0 Å². The first kappa shape index (κ1) is 21.1. The molecule has 1 aromatic heterocycles. The van der Waals surface area contributed by atoms with Gasteiger partial charge in [-0.05, 0) is 57.1 Å². The van der Waals surface area contributed by atoms with Gasteiger partial charge in [-0.1, -0.05) is 15.9 Å². The highest BCUT2D eigenvalue weighted by molar-refractivity contribution is 9.10. The van der Waals surface area contributed by atoms with Crippen molar-refractivity contribution in [3.63, 3.8) is 0 Å². The number of carbonyl (C=O) groups is 2. The number of amides is 2. The van der Waals surface area contributed by atoms with E-state index >= 15 is 0 Å². The highest BCUT2D eigenvalue weighted by atomic mass is 79.9. The highest BCUT2D eigenvalue weighted by Crippen LogP contribution is 2.31. The van der Waals surface area contributed by atoms with Crippen molar-refractivity contribution in [2.75, 3.05) is 30.8 Å². The third-order valence-corrected chi connectivity index (χ3v) is 5.66. The van der Waals surface area contributed by atoms with Gasteiger partial charge in [0, 0.05) is 15.0 Å². The monoisotopic (exact) mass is 448 g/mol. The molecule has 0 spiro atoms. The molecule has 0 aliphatic heterocycles. The van der Waals surface area contributed by atoms with Gasteiger partial charge in [0.05, 0.1) is 18.7 Å². The van der Waals surface area contributed by atoms with Crippen molar-refractivity contribution in [2.45, 2.75) is 20.8 Å². The van der Waals surface area contributed by atoms with Gasteiger partial charge in [-0.2, -0.15) is 5.26 Å². The Kier molecular flexibility index (Phi) is 7.13. The molecule has 0 unspecified atom stereocenters. The summed E-state index contributed by atoms with van der Waals surface area (Å²) in [6.45, 7) is 5.82. The lowest BCUT2D eigenvalue weighted by Crippen LogP contribution is -2.36. The molecule has 2 aromatic rings. The van der Waals surface area contributed by atoms with Crippen LogP contribution in [0.5, 0.6) is 0 Å². The molecule has 2 rings (SSSR count). The van der Waals surface area contributed by atoms with E-state index < -0.39 is 0 Å². The van der Waals surface area contributed by atoms with Crippen LogP contribution in [0.4, 0.5) is 10.7 Å². The number of anilines is 2. The van der Waals surface area contributed by atoms with E-state index in [1.54, 1.807) is 11.9 Å². The fourth-order valence-electron chi connectivity index (χ4n) is 2.52. The van der Waals surface area contributed by atoms with E-state index in [9.17, 15) is 14.9 Å². The molecular weight excluding hydrogens is 428 g/mol. The minimum atomic E-state index is -0.261. The number of likely N-dealkylation sites (N-methyl/N-ethyl adjacent to an activating group) is 1. The van der Waals surface area contributed by atoms with Gasteiger partial charge >= 0.3 is 0 Å². The van der Waals surface area contributed by atoms with Crippen LogP contribution < -0.4 is 10.6 Å². The van der Waals surface area contributed by atoms with Crippen LogP contribution in [0.15, 0.2) is 22.7 Å². The Bertz CT molecular complexity index is 917. The first-order valence-electron chi connectivity index (χ1n) is 8.25. The molecule has 8 heteroatoms. The largest absolute Gasteiger partial charge is 0.325 e. The third-order valence-electron chi connectivity index (χ3n) is 4.04. The summed E-state index contributed by atoms with van der Waals surface area (Å²) in [5.74, 6) is -0.459. The van der Waals surface area contributed by atoms with Crippen molar-refractivity contribution in [1.82, 2.24) is 4.90 Å². The number of rotatable bonds is 6. The second-order valence-corrected chi connectivity index (χ2v) is 8.47. The van der Waals surface area contributed by atoms with Gasteiger partial charge in [0.15, 0.2) is 0 Å². The molecule has 0 fully saturated rings. The molecule has 142 valence electrons. The Balaban J connectivity index is 1.90. The van der Waals surface area contributed by atoms with Crippen molar-refractivity contribution >= 4 is 49.8 Å². The predicted octanol–water partition coefficient (Wildman–Crippen LogP) is 3.82. The van der Waals surface area contributed by atoms with Crippen LogP contribution in [0.2, 0.25) is 0 Å². The zero-order chi connectivity index (χ0) is 20.1. The van der Waals surface area contributed by atoms with Gasteiger partial charge in [0.25, 0.3) is 0 Å². The lowest BCUT2D eigenvalue weighted by Gasteiger charge is -2.16. The molecule has 6 nitrogen and oxygen atoms in total. The van der Waals surface area contributed by atoms with Gasteiger partial charge in [0.1, 0.15) is 11.1 Å². The lowest BCUT2D eigenvalue weighted by atomic mass is 10.2. The molecule has 2 N–H and O–H groups in total. The summed E-state index contributed by atoms with van der Waals surface area (Å²) in [6.07, 6.45) is 0. The van der Waals surface area contributed by atoms with E-state index in [4.69, 9.17) is 0 Å². The van der Waals surface area contributed by atoms with Gasteiger partial charge in [-0.3, -0.25) is 14.5 Å². The maximum Gasteiger partial charge on any atom is 0.239 e. The van der Waals surface area contributed by atoms with E-state index in [-0.39, 0.29) is 24.9 Å². The summed E-state index contributed by atoms with van der Waals surface area (Å²) in [7, 11) is 1.70. The number of carbonyl (C=O) groups excluding carboxylic acids is 2. The van der Waals surface area contributed by atoms with Gasteiger partial charge < -0.3 is 10.6 Å². The van der Waals surface area contributed by atoms with Crippen LogP contribution >= 0.6 is 27.3 Å². The number of hydrogen-bond acceptors (Lipinski definition) is 5. The Morgan fingerprint density at radius 1 is 1.19 bits per heavy atom. The van der Waals surface area contributed by atoms with E-state index in [0.717, 1.165) is 26.2 Å². The number of nitriles is 1. The Morgan fingerprint density at radius 2 is 1.81 bits per heavy atom. The molecule has 0 atom stereocenters. The summed E-state index contributed by atoms with van der Waals surface area (Å²) < 4.78 is 0.947. The van der Waals surface area contributed by atoms with Crippen LogP contribution in [0.25, 0.3) is 0 Å². The van der Waals surface area contributed by atoms with E-state index in [0.29, 0.717) is 10.6 Å². The molecule has 0 bridgehead atoms. The normalized spacial score (nSPS) is 10.6. The SMILES string of the molecule is Cc1cc(Br)ccc1NC(=O)CN(C)CC(=O)Nc1sc(C)c(C)c1C#N. The van der Waals surface area contributed by atoms with Crippen LogP contribution in [-0.4, -0.2) is 36.9 Å². The number of halogens is 1. The molecule has 0 radical (unpaired) electrons. The highest BCUT2D eigenvalue weighted by Gasteiger charge is 2.16. The Labute approximate surface area is 171 Å². The molecule has 0 aliphatic carbocycles. The van der Waals surface area contributed by atoms with Crippen molar-refractivity contribution in [3.05, 3.63) is 44.2 Å². The van der Waals surface area contributed by atoms with Crippen LogP contribution in [0.1, 0.15) is 21.6 Å². The molecule has 0 aliphatic rings. The molecule has 1 heterocycles. The van der Waals surface area contributed by atoms with Crippen LogP contribution in [-0.2, 0) is 9.59 Å². The quantitative estimate of drug-likeness (QED) is 0.703. The summed E-state index contributed by atoms with van der Waals surface area (Å²) in [4.78, 5) is 27.1. The zero-order valence-corrected chi connectivity index (χ0v) is 18.0. The summed E-state index contributed by atoms with van der Waals surface area (Å²) in [5, 5.41) is 15.4. The molecule has 2 amide bonds. The second-order valence-electron chi connectivity index (χ2n) is 6.33. The van der Waals surface area contributed by atoms with E-state index in [1.165, 1.54) is 11.3 Å².